The molecule has 1 amide bonds. The van der Waals surface area contributed by atoms with E-state index in [1.54, 1.807) is 19.1 Å². The largest absolute Gasteiger partial charge is 0.361 e. The molecule has 7 heteroatoms. The van der Waals surface area contributed by atoms with Gasteiger partial charge in [-0.2, -0.15) is 0 Å². The van der Waals surface area contributed by atoms with Gasteiger partial charge in [0.15, 0.2) is 0 Å². The fourth-order valence-electron chi connectivity index (χ4n) is 3.14. The van der Waals surface area contributed by atoms with Gasteiger partial charge < -0.3 is 10.3 Å². The first kappa shape index (κ1) is 20.1. The van der Waals surface area contributed by atoms with E-state index in [0.29, 0.717) is 18.4 Å². The van der Waals surface area contributed by atoms with Crippen molar-refractivity contribution in [1.29, 1.82) is 0 Å². The Labute approximate surface area is 165 Å². The van der Waals surface area contributed by atoms with Crippen LogP contribution >= 0.6 is 0 Å². The molecular formula is C21H25N3O3S. The van der Waals surface area contributed by atoms with Gasteiger partial charge in [0.1, 0.15) is 0 Å². The number of aromatic nitrogens is 1. The number of rotatable bonds is 8. The molecule has 0 unspecified atom stereocenters. The number of aryl methyl sites for hydroxylation is 3. The second kappa shape index (κ2) is 8.58. The van der Waals surface area contributed by atoms with Crippen LogP contribution in [0, 0.1) is 13.8 Å². The summed E-state index contributed by atoms with van der Waals surface area (Å²) in [5, 5.41) is 3.89. The summed E-state index contributed by atoms with van der Waals surface area (Å²) in [5.41, 5.74) is 3.73. The van der Waals surface area contributed by atoms with Crippen LogP contribution in [-0.4, -0.2) is 32.4 Å². The number of hydrogen-bond donors (Lipinski definition) is 3. The molecule has 148 valence electrons. The van der Waals surface area contributed by atoms with E-state index in [2.05, 4.69) is 15.0 Å². The van der Waals surface area contributed by atoms with E-state index in [0.717, 1.165) is 22.0 Å². The van der Waals surface area contributed by atoms with Crippen LogP contribution in [0.25, 0.3) is 10.9 Å². The van der Waals surface area contributed by atoms with Gasteiger partial charge in [-0.15, -0.1) is 0 Å². The molecule has 0 fully saturated rings. The van der Waals surface area contributed by atoms with Gasteiger partial charge in [-0.1, -0.05) is 30.3 Å². The number of benzene rings is 2. The average molecular weight is 400 g/mol. The maximum absolute atomic E-state index is 12.4. The van der Waals surface area contributed by atoms with E-state index in [1.165, 1.54) is 0 Å². The molecule has 2 aromatic carbocycles. The van der Waals surface area contributed by atoms with Gasteiger partial charge in [-0.25, -0.2) is 13.1 Å². The molecule has 6 nitrogen and oxygen atoms in total. The highest BCUT2D eigenvalue weighted by Gasteiger charge is 2.16. The first-order valence-corrected chi connectivity index (χ1v) is 10.7. The Morgan fingerprint density at radius 3 is 2.68 bits per heavy atom. The van der Waals surface area contributed by atoms with Crippen LogP contribution in [0.1, 0.15) is 23.1 Å². The molecule has 0 atom stereocenters. The monoisotopic (exact) mass is 399 g/mol. The van der Waals surface area contributed by atoms with Crippen LogP contribution in [0.4, 0.5) is 0 Å². The summed E-state index contributed by atoms with van der Waals surface area (Å²) in [6.07, 6.45) is 2.91. The Hall–Kier alpha value is -2.64. The number of carbonyl (C=O) groups is 1. The van der Waals surface area contributed by atoms with Crippen LogP contribution in [0.15, 0.2) is 53.6 Å². The minimum absolute atomic E-state index is 0.101. The molecule has 1 heterocycles. The van der Waals surface area contributed by atoms with Gasteiger partial charge in [0.2, 0.25) is 15.9 Å². The number of aromatic amines is 1. The predicted molar refractivity (Wildman–Crippen MR) is 111 cm³/mol. The van der Waals surface area contributed by atoms with Crippen molar-refractivity contribution < 1.29 is 13.2 Å². The molecule has 0 aliphatic carbocycles. The third-order valence-electron chi connectivity index (χ3n) is 4.67. The Bertz CT molecular complexity index is 1090. The minimum Gasteiger partial charge on any atom is -0.361 e. The summed E-state index contributed by atoms with van der Waals surface area (Å²) >= 11 is 0. The zero-order valence-corrected chi connectivity index (χ0v) is 16.9. The summed E-state index contributed by atoms with van der Waals surface area (Å²) in [4.78, 5) is 15.5. The Kier molecular flexibility index (Phi) is 6.16. The third-order valence-corrected chi connectivity index (χ3v) is 6.27. The number of H-pyrrole nitrogens is 1. The Morgan fingerprint density at radius 1 is 1.07 bits per heavy atom. The lowest BCUT2D eigenvalue weighted by atomic mass is 10.1. The summed E-state index contributed by atoms with van der Waals surface area (Å²) in [5.74, 6) is -0.101. The molecule has 0 radical (unpaired) electrons. The van der Waals surface area contributed by atoms with Crippen molar-refractivity contribution in [3.05, 3.63) is 65.4 Å². The fourth-order valence-corrected chi connectivity index (χ4v) is 4.50. The Morgan fingerprint density at radius 2 is 1.86 bits per heavy atom. The molecule has 0 saturated heterocycles. The average Bonchev–Trinajstić information content (AvgIpc) is 3.08. The van der Waals surface area contributed by atoms with E-state index in [1.807, 2.05) is 43.5 Å². The Balaban J connectivity index is 1.46. The van der Waals surface area contributed by atoms with Gasteiger partial charge in [-0.05, 0) is 49.1 Å². The quantitative estimate of drug-likeness (QED) is 0.509. The van der Waals surface area contributed by atoms with Crippen molar-refractivity contribution in [1.82, 2.24) is 15.0 Å². The van der Waals surface area contributed by atoms with Crippen LogP contribution < -0.4 is 10.0 Å². The molecule has 0 aliphatic rings. The highest BCUT2D eigenvalue weighted by molar-refractivity contribution is 7.89. The topological polar surface area (TPSA) is 91.1 Å². The van der Waals surface area contributed by atoms with Crippen molar-refractivity contribution >= 4 is 26.8 Å². The number of fused-ring (bicyclic) bond motifs is 1. The SMILES string of the molecule is Cc1ccc(C)c(S(=O)(=O)NCCNC(=O)CCc2c[nH]c3ccccc23)c1. The lowest BCUT2D eigenvalue weighted by Gasteiger charge is -2.11. The van der Waals surface area contributed by atoms with Gasteiger partial charge in [-0.3, -0.25) is 4.79 Å². The molecule has 28 heavy (non-hydrogen) atoms. The third kappa shape index (κ3) is 4.79. The maximum atomic E-state index is 12.4. The van der Waals surface area contributed by atoms with Crippen LogP contribution in [0.2, 0.25) is 0 Å². The highest BCUT2D eigenvalue weighted by Crippen LogP contribution is 2.19. The van der Waals surface area contributed by atoms with Gasteiger partial charge in [0.25, 0.3) is 0 Å². The number of nitrogens with one attached hydrogen (secondary N) is 3. The van der Waals surface area contributed by atoms with Crippen molar-refractivity contribution in [3.8, 4) is 0 Å². The first-order valence-electron chi connectivity index (χ1n) is 9.25. The van der Waals surface area contributed by atoms with Crippen molar-refractivity contribution in [2.75, 3.05) is 13.1 Å². The highest BCUT2D eigenvalue weighted by atomic mass is 32.2. The van der Waals surface area contributed by atoms with Gasteiger partial charge >= 0.3 is 0 Å². The molecule has 0 saturated carbocycles. The van der Waals surface area contributed by atoms with Crippen molar-refractivity contribution in [3.63, 3.8) is 0 Å². The smallest absolute Gasteiger partial charge is 0.240 e. The van der Waals surface area contributed by atoms with E-state index < -0.39 is 10.0 Å². The number of sulfonamides is 1. The van der Waals surface area contributed by atoms with E-state index in [4.69, 9.17) is 0 Å². The summed E-state index contributed by atoms with van der Waals surface area (Å²) in [6, 6.07) is 13.3. The normalized spacial score (nSPS) is 11.6. The zero-order chi connectivity index (χ0) is 20.1. The lowest BCUT2D eigenvalue weighted by Crippen LogP contribution is -2.35. The van der Waals surface area contributed by atoms with Gasteiger partial charge in [0.05, 0.1) is 4.90 Å². The summed E-state index contributed by atoms with van der Waals surface area (Å²) < 4.78 is 27.4. The van der Waals surface area contributed by atoms with Crippen molar-refractivity contribution in [2.24, 2.45) is 0 Å². The molecule has 1 aromatic heterocycles. The number of hydrogen-bond acceptors (Lipinski definition) is 3. The second-order valence-corrected chi connectivity index (χ2v) is 8.61. The van der Waals surface area contributed by atoms with Crippen LogP contribution in [0.5, 0.6) is 0 Å². The lowest BCUT2D eigenvalue weighted by molar-refractivity contribution is -0.121. The van der Waals surface area contributed by atoms with Crippen LogP contribution in [0.3, 0.4) is 0 Å². The number of carbonyl (C=O) groups excluding carboxylic acids is 1. The molecule has 0 spiro atoms. The second-order valence-electron chi connectivity index (χ2n) is 6.88. The summed E-state index contributed by atoms with van der Waals surface area (Å²) in [6.45, 7) is 4.01. The molecule has 3 rings (SSSR count). The van der Waals surface area contributed by atoms with Crippen molar-refractivity contribution in [2.45, 2.75) is 31.6 Å². The molecule has 3 N–H and O–H groups in total. The fraction of sp³-hybridized carbons (Fsp3) is 0.286. The molecule has 0 aliphatic heterocycles. The van der Waals surface area contributed by atoms with Crippen LogP contribution in [-0.2, 0) is 21.2 Å². The van der Waals surface area contributed by atoms with E-state index >= 15 is 0 Å². The van der Waals surface area contributed by atoms with E-state index in [9.17, 15) is 13.2 Å². The summed E-state index contributed by atoms with van der Waals surface area (Å²) in [7, 11) is -3.59. The number of amides is 1. The molecule has 3 aromatic rings. The van der Waals surface area contributed by atoms with E-state index in [-0.39, 0.29) is 23.9 Å². The first-order chi connectivity index (χ1) is 13.4. The zero-order valence-electron chi connectivity index (χ0n) is 16.1. The molecule has 0 bridgehead atoms. The predicted octanol–water partition coefficient (Wildman–Crippen LogP) is 2.81. The standard InChI is InChI=1S/C21H25N3O3S/c1-15-7-8-16(2)20(13-15)28(26,27)24-12-11-22-21(25)10-9-17-14-23-19-6-4-3-5-18(17)19/h3-8,13-14,23-24H,9-12H2,1-2H3,(H,22,25). The molecular weight excluding hydrogens is 374 g/mol. The minimum atomic E-state index is -3.59. The number of para-hydroxylation sites is 1. The maximum Gasteiger partial charge on any atom is 0.240 e. The van der Waals surface area contributed by atoms with Gasteiger partial charge in [0, 0.05) is 36.6 Å².